The Labute approximate surface area is 166 Å². The predicted octanol–water partition coefficient (Wildman–Crippen LogP) is 4.01. The molecular weight excluding hydrogens is 408 g/mol. The van der Waals surface area contributed by atoms with Gasteiger partial charge in [-0.3, -0.25) is 4.79 Å². The molecule has 3 rings (SSSR count). The molecule has 0 bridgehead atoms. The van der Waals surface area contributed by atoms with E-state index in [1.807, 2.05) is 62.4 Å². The fourth-order valence-electron chi connectivity index (χ4n) is 2.76. The molecule has 0 saturated heterocycles. The summed E-state index contributed by atoms with van der Waals surface area (Å²) >= 11 is 3.45. The van der Waals surface area contributed by atoms with E-state index in [4.69, 9.17) is 4.74 Å². The lowest BCUT2D eigenvalue weighted by molar-refractivity contribution is 0.0778. The first kappa shape index (κ1) is 19.1. The van der Waals surface area contributed by atoms with Gasteiger partial charge in [0.25, 0.3) is 5.91 Å². The molecule has 1 heterocycles. The van der Waals surface area contributed by atoms with Crippen LogP contribution in [-0.4, -0.2) is 39.5 Å². The number of aromatic nitrogens is 3. The molecule has 1 aromatic heterocycles. The number of benzene rings is 2. The van der Waals surface area contributed by atoms with Crippen molar-refractivity contribution in [3.05, 3.63) is 70.0 Å². The lowest BCUT2D eigenvalue weighted by atomic mass is 10.2. The van der Waals surface area contributed by atoms with Crippen molar-refractivity contribution >= 4 is 21.8 Å². The number of halogens is 1. The monoisotopic (exact) mass is 428 g/mol. The van der Waals surface area contributed by atoms with Crippen molar-refractivity contribution in [1.82, 2.24) is 19.9 Å². The van der Waals surface area contributed by atoms with Crippen LogP contribution in [0.25, 0.3) is 5.69 Å². The molecule has 27 heavy (non-hydrogen) atoms. The Hall–Kier alpha value is -2.67. The minimum atomic E-state index is -0.164. The van der Waals surface area contributed by atoms with Crippen LogP contribution in [0.4, 0.5) is 0 Å². The van der Waals surface area contributed by atoms with Crippen molar-refractivity contribution in [2.24, 2.45) is 0 Å². The van der Waals surface area contributed by atoms with Gasteiger partial charge in [-0.15, -0.1) is 5.10 Å². The van der Waals surface area contributed by atoms with Gasteiger partial charge >= 0.3 is 0 Å². The first-order valence-corrected chi connectivity index (χ1v) is 9.44. The Morgan fingerprint density at radius 2 is 1.96 bits per heavy atom. The maximum Gasteiger partial charge on any atom is 0.276 e. The van der Waals surface area contributed by atoms with Gasteiger partial charge in [-0.25, -0.2) is 4.68 Å². The summed E-state index contributed by atoms with van der Waals surface area (Å²) in [4.78, 5) is 14.5. The normalized spacial score (nSPS) is 10.7. The lowest BCUT2D eigenvalue weighted by Gasteiger charge is -2.16. The highest BCUT2D eigenvalue weighted by molar-refractivity contribution is 9.10. The SMILES string of the molecule is CCOc1ccc(CN(C)C(=O)c2nnn(-c3cccc(Br)c3)c2C)cc1. The van der Waals surface area contributed by atoms with Crippen LogP contribution in [0.3, 0.4) is 0 Å². The third-order valence-electron chi connectivity index (χ3n) is 4.15. The highest BCUT2D eigenvalue weighted by atomic mass is 79.9. The zero-order valence-electron chi connectivity index (χ0n) is 15.5. The Morgan fingerprint density at radius 3 is 2.63 bits per heavy atom. The molecule has 140 valence electrons. The van der Waals surface area contributed by atoms with Crippen molar-refractivity contribution < 1.29 is 9.53 Å². The number of ether oxygens (including phenoxy) is 1. The van der Waals surface area contributed by atoms with Gasteiger partial charge in [-0.1, -0.05) is 39.3 Å². The summed E-state index contributed by atoms with van der Waals surface area (Å²) in [5, 5.41) is 8.26. The maximum atomic E-state index is 12.8. The van der Waals surface area contributed by atoms with Gasteiger partial charge in [0.1, 0.15) is 5.75 Å². The summed E-state index contributed by atoms with van der Waals surface area (Å²) in [6, 6.07) is 15.4. The molecule has 0 aliphatic rings. The number of carbonyl (C=O) groups excluding carboxylic acids is 1. The quantitative estimate of drug-likeness (QED) is 0.594. The smallest absolute Gasteiger partial charge is 0.276 e. The van der Waals surface area contributed by atoms with Gasteiger partial charge in [0.15, 0.2) is 5.69 Å². The molecule has 0 unspecified atom stereocenters. The molecule has 0 fully saturated rings. The molecule has 7 heteroatoms. The molecule has 0 N–H and O–H groups in total. The van der Waals surface area contributed by atoms with Gasteiger partial charge in [-0.2, -0.15) is 0 Å². The highest BCUT2D eigenvalue weighted by Gasteiger charge is 2.21. The molecule has 0 spiro atoms. The van der Waals surface area contributed by atoms with Gasteiger partial charge < -0.3 is 9.64 Å². The van der Waals surface area contributed by atoms with Crippen LogP contribution in [0.5, 0.6) is 5.75 Å². The van der Waals surface area contributed by atoms with Crippen LogP contribution >= 0.6 is 15.9 Å². The van der Waals surface area contributed by atoms with Crippen molar-refractivity contribution in [2.75, 3.05) is 13.7 Å². The Morgan fingerprint density at radius 1 is 1.22 bits per heavy atom. The van der Waals surface area contributed by atoms with Gasteiger partial charge in [-0.05, 0) is 49.7 Å². The second-order valence-corrected chi connectivity index (χ2v) is 7.07. The van der Waals surface area contributed by atoms with Gasteiger partial charge in [0, 0.05) is 18.1 Å². The van der Waals surface area contributed by atoms with Gasteiger partial charge in [0.2, 0.25) is 0 Å². The second kappa shape index (κ2) is 8.35. The highest BCUT2D eigenvalue weighted by Crippen LogP contribution is 2.19. The molecular formula is C20H21BrN4O2. The van der Waals surface area contributed by atoms with E-state index in [-0.39, 0.29) is 5.91 Å². The van der Waals surface area contributed by atoms with Crippen molar-refractivity contribution in [3.8, 4) is 11.4 Å². The molecule has 2 aromatic carbocycles. The van der Waals surface area contributed by atoms with E-state index in [9.17, 15) is 4.79 Å². The summed E-state index contributed by atoms with van der Waals surface area (Å²) < 4.78 is 8.06. The second-order valence-electron chi connectivity index (χ2n) is 6.15. The maximum absolute atomic E-state index is 12.8. The summed E-state index contributed by atoms with van der Waals surface area (Å²) in [6.07, 6.45) is 0. The molecule has 0 radical (unpaired) electrons. The van der Waals surface area contributed by atoms with Crippen molar-refractivity contribution in [1.29, 1.82) is 0 Å². The van der Waals surface area contributed by atoms with E-state index < -0.39 is 0 Å². The third kappa shape index (κ3) is 4.36. The molecule has 0 saturated carbocycles. The number of hydrogen-bond donors (Lipinski definition) is 0. The zero-order chi connectivity index (χ0) is 19.4. The van der Waals surface area contributed by atoms with Crippen LogP contribution in [-0.2, 0) is 6.54 Å². The molecule has 0 aliphatic carbocycles. The summed E-state index contributed by atoms with van der Waals surface area (Å²) in [5.74, 6) is 0.658. The number of hydrogen-bond acceptors (Lipinski definition) is 4. The van der Waals surface area contributed by atoms with E-state index in [2.05, 4.69) is 26.2 Å². The van der Waals surface area contributed by atoms with Crippen molar-refractivity contribution in [3.63, 3.8) is 0 Å². The van der Waals surface area contributed by atoms with Crippen LogP contribution in [0.1, 0.15) is 28.7 Å². The fourth-order valence-corrected chi connectivity index (χ4v) is 3.15. The van der Waals surface area contributed by atoms with Crippen molar-refractivity contribution in [2.45, 2.75) is 20.4 Å². The molecule has 3 aromatic rings. The summed E-state index contributed by atoms with van der Waals surface area (Å²) in [5.41, 5.74) is 2.92. The predicted molar refractivity (Wildman–Crippen MR) is 107 cm³/mol. The molecule has 1 amide bonds. The minimum Gasteiger partial charge on any atom is -0.494 e. The number of nitrogens with zero attached hydrogens (tertiary/aromatic N) is 4. The molecule has 6 nitrogen and oxygen atoms in total. The zero-order valence-corrected chi connectivity index (χ0v) is 17.1. The van der Waals surface area contributed by atoms with Crippen LogP contribution in [0.2, 0.25) is 0 Å². The standard InChI is InChI=1S/C20H21BrN4O2/c1-4-27-18-10-8-15(9-11-18)13-24(3)20(26)19-14(2)25(23-22-19)17-7-5-6-16(21)12-17/h5-12H,4,13H2,1-3H3. The third-order valence-corrected chi connectivity index (χ3v) is 4.64. The minimum absolute atomic E-state index is 0.164. The largest absolute Gasteiger partial charge is 0.494 e. The number of carbonyl (C=O) groups is 1. The number of rotatable bonds is 6. The first-order valence-electron chi connectivity index (χ1n) is 8.65. The van der Waals surface area contributed by atoms with E-state index in [0.29, 0.717) is 24.5 Å². The average molecular weight is 429 g/mol. The Bertz CT molecular complexity index is 937. The topological polar surface area (TPSA) is 60.2 Å². The molecule has 0 atom stereocenters. The first-order chi connectivity index (χ1) is 13.0. The molecule has 0 aliphatic heterocycles. The Balaban J connectivity index is 1.75. The van der Waals surface area contributed by atoms with E-state index in [1.165, 1.54) is 0 Å². The van der Waals surface area contributed by atoms with Gasteiger partial charge in [0.05, 0.1) is 18.0 Å². The van der Waals surface area contributed by atoms with E-state index in [0.717, 1.165) is 21.5 Å². The van der Waals surface area contributed by atoms with E-state index in [1.54, 1.807) is 16.6 Å². The van der Waals surface area contributed by atoms with Crippen LogP contribution < -0.4 is 4.74 Å². The average Bonchev–Trinajstić information content (AvgIpc) is 3.04. The number of amides is 1. The van der Waals surface area contributed by atoms with Crippen LogP contribution in [0.15, 0.2) is 53.0 Å². The van der Waals surface area contributed by atoms with Crippen LogP contribution in [0, 0.1) is 6.92 Å². The fraction of sp³-hybridized carbons (Fsp3) is 0.250. The van der Waals surface area contributed by atoms with E-state index >= 15 is 0 Å². The lowest BCUT2D eigenvalue weighted by Crippen LogP contribution is -2.27. The summed E-state index contributed by atoms with van der Waals surface area (Å²) in [6.45, 7) is 4.90. The Kier molecular flexibility index (Phi) is 5.91. The summed E-state index contributed by atoms with van der Waals surface area (Å²) in [7, 11) is 1.76.